The van der Waals surface area contributed by atoms with Crippen molar-refractivity contribution in [2.75, 3.05) is 0 Å². The molecule has 0 radical (unpaired) electrons. The second kappa shape index (κ2) is 5.28. The van der Waals surface area contributed by atoms with Crippen LogP contribution < -0.4 is 5.32 Å². The SMILES string of the molecule is CC(C)(C)c1csc(CNC(=O)C(F)(F)C2(O)CCC2)n1. The van der Waals surface area contributed by atoms with Crippen LogP contribution in [0, 0.1) is 0 Å². The van der Waals surface area contributed by atoms with E-state index in [4.69, 9.17) is 0 Å². The Morgan fingerprint density at radius 2 is 2.10 bits per heavy atom. The van der Waals surface area contributed by atoms with Crippen LogP contribution in [0.4, 0.5) is 8.78 Å². The highest BCUT2D eigenvalue weighted by Gasteiger charge is 2.61. The summed E-state index contributed by atoms with van der Waals surface area (Å²) >= 11 is 1.32. The highest BCUT2D eigenvalue weighted by molar-refractivity contribution is 7.09. The van der Waals surface area contributed by atoms with Gasteiger partial charge in [-0.3, -0.25) is 4.79 Å². The summed E-state index contributed by atoms with van der Waals surface area (Å²) in [5.74, 6) is -5.19. The first-order valence-corrected chi connectivity index (χ1v) is 7.78. The van der Waals surface area contributed by atoms with E-state index < -0.39 is 17.4 Å². The summed E-state index contributed by atoms with van der Waals surface area (Å²) in [5.41, 5.74) is -1.44. The Labute approximate surface area is 126 Å². The van der Waals surface area contributed by atoms with E-state index in [1.807, 2.05) is 26.2 Å². The maximum absolute atomic E-state index is 13.9. The molecule has 0 spiro atoms. The first-order chi connectivity index (χ1) is 9.56. The van der Waals surface area contributed by atoms with E-state index in [1.165, 1.54) is 11.3 Å². The molecule has 1 amide bonds. The second-order valence-electron chi connectivity index (χ2n) is 6.52. The van der Waals surface area contributed by atoms with E-state index in [1.54, 1.807) is 0 Å². The van der Waals surface area contributed by atoms with Crippen LogP contribution in [0.25, 0.3) is 0 Å². The van der Waals surface area contributed by atoms with Crippen LogP contribution >= 0.6 is 11.3 Å². The topological polar surface area (TPSA) is 62.2 Å². The summed E-state index contributed by atoms with van der Waals surface area (Å²) in [4.78, 5) is 16.0. The molecule has 0 atom stereocenters. The molecule has 1 heterocycles. The number of hydrogen-bond donors (Lipinski definition) is 2. The summed E-state index contributed by atoms with van der Waals surface area (Å²) < 4.78 is 27.7. The monoisotopic (exact) mass is 318 g/mol. The number of nitrogens with one attached hydrogen (secondary N) is 1. The molecular weight excluding hydrogens is 298 g/mol. The summed E-state index contributed by atoms with van der Waals surface area (Å²) in [5, 5.41) is 14.3. The minimum atomic E-state index is -3.75. The third-order valence-corrected chi connectivity index (χ3v) is 4.62. The predicted molar refractivity (Wildman–Crippen MR) is 76.4 cm³/mol. The van der Waals surface area contributed by atoms with Gasteiger partial charge in [0.2, 0.25) is 0 Å². The lowest BCUT2D eigenvalue weighted by Crippen LogP contribution is -2.60. The molecule has 1 saturated carbocycles. The number of rotatable bonds is 4. The number of carbonyl (C=O) groups is 1. The van der Waals surface area contributed by atoms with Gasteiger partial charge in [-0.25, -0.2) is 4.98 Å². The van der Waals surface area contributed by atoms with Gasteiger partial charge in [0.15, 0.2) is 0 Å². The first-order valence-electron chi connectivity index (χ1n) is 6.90. The number of thiazole rings is 1. The molecule has 7 heteroatoms. The van der Waals surface area contributed by atoms with Gasteiger partial charge in [0.25, 0.3) is 5.91 Å². The van der Waals surface area contributed by atoms with Crippen LogP contribution in [0.15, 0.2) is 5.38 Å². The third kappa shape index (κ3) is 3.08. The third-order valence-electron chi connectivity index (χ3n) is 3.77. The van der Waals surface area contributed by atoms with E-state index in [0.717, 1.165) is 5.69 Å². The van der Waals surface area contributed by atoms with E-state index in [2.05, 4.69) is 10.3 Å². The van der Waals surface area contributed by atoms with Gasteiger partial charge in [0.1, 0.15) is 10.6 Å². The summed E-state index contributed by atoms with van der Waals surface area (Å²) in [7, 11) is 0. The van der Waals surface area contributed by atoms with Crippen molar-refractivity contribution in [3.63, 3.8) is 0 Å². The molecule has 118 valence electrons. The van der Waals surface area contributed by atoms with Gasteiger partial charge in [-0.2, -0.15) is 8.78 Å². The van der Waals surface area contributed by atoms with Crippen molar-refractivity contribution in [3.05, 3.63) is 16.1 Å². The van der Waals surface area contributed by atoms with Crippen molar-refractivity contribution in [1.82, 2.24) is 10.3 Å². The van der Waals surface area contributed by atoms with Crippen molar-refractivity contribution in [2.24, 2.45) is 0 Å². The fourth-order valence-electron chi connectivity index (χ4n) is 2.04. The molecule has 0 aromatic carbocycles. The fraction of sp³-hybridized carbons (Fsp3) is 0.714. The Morgan fingerprint density at radius 3 is 2.52 bits per heavy atom. The van der Waals surface area contributed by atoms with Crippen LogP contribution in [0.2, 0.25) is 0 Å². The van der Waals surface area contributed by atoms with Crippen LogP contribution in [0.1, 0.15) is 50.7 Å². The minimum Gasteiger partial charge on any atom is -0.383 e. The average molecular weight is 318 g/mol. The van der Waals surface area contributed by atoms with E-state index in [9.17, 15) is 18.7 Å². The van der Waals surface area contributed by atoms with E-state index in [0.29, 0.717) is 11.4 Å². The standard InChI is InChI=1S/C14H20F2N2O2S/c1-12(2,3)9-8-21-10(18-9)7-17-11(19)14(15,16)13(20)5-4-6-13/h8,20H,4-7H2,1-3H3,(H,17,19). The number of aliphatic hydroxyl groups is 1. The van der Waals surface area contributed by atoms with E-state index in [-0.39, 0.29) is 24.8 Å². The molecular formula is C14H20F2N2O2S. The molecule has 0 aliphatic heterocycles. The molecule has 1 aliphatic rings. The fourth-order valence-corrected chi connectivity index (χ4v) is 3.00. The van der Waals surface area contributed by atoms with Gasteiger partial charge in [-0.1, -0.05) is 20.8 Å². The molecule has 1 aliphatic carbocycles. The van der Waals surface area contributed by atoms with E-state index >= 15 is 0 Å². The quantitative estimate of drug-likeness (QED) is 0.897. The van der Waals surface area contributed by atoms with Crippen molar-refractivity contribution < 1.29 is 18.7 Å². The molecule has 1 aromatic rings. The number of hydrogen-bond acceptors (Lipinski definition) is 4. The predicted octanol–water partition coefficient (Wildman–Crippen LogP) is 2.61. The number of amides is 1. The largest absolute Gasteiger partial charge is 0.383 e. The van der Waals surface area contributed by atoms with Crippen LogP contribution in [0.3, 0.4) is 0 Å². The normalized spacial score (nSPS) is 18.2. The lowest BCUT2D eigenvalue weighted by atomic mass is 9.75. The zero-order valence-electron chi connectivity index (χ0n) is 12.4. The molecule has 4 nitrogen and oxygen atoms in total. The molecule has 2 N–H and O–H groups in total. The Hall–Kier alpha value is -1.08. The highest BCUT2D eigenvalue weighted by atomic mass is 32.1. The molecule has 0 saturated heterocycles. The van der Waals surface area contributed by atoms with Gasteiger partial charge in [0.05, 0.1) is 12.2 Å². The Balaban J connectivity index is 1.97. The summed E-state index contributed by atoms with van der Waals surface area (Å²) in [6.07, 6.45) is 0.429. The lowest BCUT2D eigenvalue weighted by molar-refractivity contribution is -0.216. The summed E-state index contributed by atoms with van der Waals surface area (Å²) in [6, 6.07) is 0. The van der Waals surface area contributed by atoms with Gasteiger partial charge >= 0.3 is 5.92 Å². The van der Waals surface area contributed by atoms with Gasteiger partial charge in [0, 0.05) is 10.8 Å². The van der Waals surface area contributed by atoms with Crippen molar-refractivity contribution >= 4 is 17.2 Å². The maximum atomic E-state index is 13.9. The molecule has 1 aromatic heterocycles. The van der Waals surface area contributed by atoms with Crippen molar-refractivity contribution in [2.45, 2.75) is 63.5 Å². The average Bonchev–Trinajstić information content (AvgIpc) is 2.81. The molecule has 2 rings (SSSR count). The Kier molecular flexibility index (Phi) is 4.10. The number of carbonyl (C=O) groups excluding carboxylic acids is 1. The molecule has 1 fully saturated rings. The van der Waals surface area contributed by atoms with Crippen LogP contribution in [-0.2, 0) is 16.8 Å². The first kappa shape index (κ1) is 16.3. The van der Waals surface area contributed by atoms with Crippen molar-refractivity contribution in [3.8, 4) is 0 Å². The smallest absolute Gasteiger partial charge is 0.352 e. The van der Waals surface area contributed by atoms with Gasteiger partial charge in [-0.15, -0.1) is 11.3 Å². The van der Waals surface area contributed by atoms with Crippen molar-refractivity contribution in [1.29, 1.82) is 0 Å². The van der Waals surface area contributed by atoms with Gasteiger partial charge < -0.3 is 10.4 Å². The van der Waals surface area contributed by atoms with Gasteiger partial charge in [-0.05, 0) is 19.3 Å². The minimum absolute atomic E-state index is 0.0428. The zero-order valence-corrected chi connectivity index (χ0v) is 13.2. The van der Waals surface area contributed by atoms with Crippen LogP contribution in [-0.4, -0.2) is 27.5 Å². The molecule has 0 bridgehead atoms. The summed E-state index contributed by atoms with van der Waals surface area (Å²) in [6.45, 7) is 5.96. The van der Waals surface area contributed by atoms with Crippen LogP contribution in [0.5, 0.6) is 0 Å². The molecule has 0 unspecified atom stereocenters. The number of aromatic nitrogens is 1. The Bertz CT molecular complexity index is 533. The number of alkyl halides is 2. The second-order valence-corrected chi connectivity index (χ2v) is 7.46. The zero-order chi connectivity index (χ0) is 15.9. The maximum Gasteiger partial charge on any atom is 0.352 e. The molecule has 21 heavy (non-hydrogen) atoms. The Morgan fingerprint density at radius 1 is 1.48 bits per heavy atom. The highest BCUT2D eigenvalue weighted by Crippen LogP contribution is 2.44. The number of halogens is 2. The number of nitrogens with zero attached hydrogens (tertiary/aromatic N) is 1. The lowest BCUT2D eigenvalue weighted by Gasteiger charge is -2.41.